The van der Waals surface area contributed by atoms with E-state index in [1.165, 1.54) is 12.3 Å². The summed E-state index contributed by atoms with van der Waals surface area (Å²) in [5, 5.41) is 9.23. The first-order valence-corrected chi connectivity index (χ1v) is 7.71. The summed E-state index contributed by atoms with van der Waals surface area (Å²) in [6.45, 7) is 1.82. The third-order valence-corrected chi connectivity index (χ3v) is 4.07. The highest BCUT2D eigenvalue weighted by molar-refractivity contribution is 5.95. The first-order chi connectivity index (χ1) is 12.0. The van der Waals surface area contributed by atoms with Crippen LogP contribution in [-0.4, -0.2) is 26.7 Å². The Hall–Kier alpha value is -3.41. The van der Waals surface area contributed by atoms with Crippen LogP contribution in [0.2, 0.25) is 0 Å². The van der Waals surface area contributed by atoms with Crippen LogP contribution in [0.5, 0.6) is 0 Å². The number of carbonyl (C=O) groups is 1. The molecule has 0 amide bonds. The molecular weight excluding hydrogens is 318 g/mol. The molecule has 0 fully saturated rings. The minimum atomic E-state index is -1.06. The monoisotopic (exact) mass is 335 g/mol. The molecular formula is C19H17N3O3. The zero-order valence-corrected chi connectivity index (χ0v) is 13.9. The molecule has 0 bridgehead atoms. The minimum Gasteiger partial charge on any atom is -0.478 e. The average Bonchev–Trinajstić information content (AvgIpc) is 2.83. The number of para-hydroxylation sites is 2. The van der Waals surface area contributed by atoms with Crippen molar-refractivity contribution in [2.24, 2.45) is 12.0 Å². The van der Waals surface area contributed by atoms with Gasteiger partial charge in [-0.3, -0.25) is 14.5 Å². The maximum Gasteiger partial charge on any atom is 0.337 e. The largest absolute Gasteiger partial charge is 0.478 e. The van der Waals surface area contributed by atoms with Crippen molar-refractivity contribution in [3.63, 3.8) is 0 Å². The molecule has 0 spiro atoms. The normalized spacial score (nSPS) is 11.1. The van der Waals surface area contributed by atoms with Crippen molar-refractivity contribution in [3.05, 3.63) is 81.8 Å². The highest BCUT2D eigenvalue weighted by Crippen LogP contribution is 2.18. The minimum absolute atomic E-state index is 0.0933. The zero-order chi connectivity index (χ0) is 18.0. The quantitative estimate of drug-likeness (QED) is 0.745. The molecule has 0 aliphatic carbocycles. The topological polar surface area (TPSA) is 76.6 Å². The zero-order valence-electron chi connectivity index (χ0n) is 13.9. The predicted molar refractivity (Wildman–Crippen MR) is 96.4 cm³/mol. The van der Waals surface area contributed by atoms with Crippen LogP contribution in [0.4, 0.5) is 5.69 Å². The van der Waals surface area contributed by atoms with Gasteiger partial charge in [0.2, 0.25) is 0 Å². The Morgan fingerprint density at radius 2 is 1.72 bits per heavy atom. The summed E-state index contributed by atoms with van der Waals surface area (Å²) in [6, 6.07) is 15.7. The van der Waals surface area contributed by atoms with E-state index in [0.717, 1.165) is 11.4 Å². The Labute approximate surface area is 144 Å². The third kappa shape index (κ3) is 3.01. The molecule has 6 nitrogen and oxygen atoms in total. The summed E-state index contributed by atoms with van der Waals surface area (Å²) >= 11 is 0. The molecule has 3 aromatic rings. The van der Waals surface area contributed by atoms with Gasteiger partial charge in [0.1, 0.15) is 0 Å². The fraction of sp³-hybridized carbons (Fsp3) is 0.105. The highest BCUT2D eigenvalue weighted by Gasteiger charge is 2.15. The van der Waals surface area contributed by atoms with E-state index in [9.17, 15) is 14.7 Å². The van der Waals surface area contributed by atoms with Crippen molar-refractivity contribution >= 4 is 17.9 Å². The summed E-state index contributed by atoms with van der Waals surface area (Å²) < 4.78 is 3.31. The summed E-state index contributed by atoms with van der Waals surface area (Å²) in [4.78, 5) is 28.3. The smallest absolute Gasteiger partial charge is 0.337 e. The standard InChI is InChI=1S/C19H17N3O3/c1-13-16(12-20-17-11-7-6-10-15(17)19(24)25)18(23)22(21(13)2)14-8-4-3-5-9-14/h3-12H,1-2H3,(H,24,25). The van der Waals surface area contributed by atoms with E-state index in [2.05, 4.69) is 4.99 Å². The summed E-state index contributed by atoms with van der Waals surface area (Å²) in [5.41, 5.74) is 2.11. The lowest BCUT2D eigenvalue weighted by Gasteiger charge is -2.07. The number of rotatable bonds is 4. The first kappa shape index (κ1) is 16.4. The second kappa shape index (κ2) is 6.60. The number of aliphatic imine (C=N–C) groups is 1. The number of benzene rings is 2. The fourth-order valence-corrected chi connectivity index (χ4v) is 2.64. The molecule has 0 aliphatic rings. The number of hydrogen-bond acceptors (Lipinski definition) is 3. The summed E-state index contributed by atoms with van der Waals surface area (Å²) in [5.74, 6) is -1.06. The number of hydrogen-bond donors (Lipinski definition) is 1. The van der Waals surface area contributed by atoms with Gasteiger partial charge in [0.25, 0.3) is 5.56 Å². The number of carboxylic acid groups (broad SMARTS) is 1. The van der Waals surface area contributed by atoms with Crippen LogP contribution in [0.3, 0.4) is 0 Å². The van der Waals surface area contributed by atoms with Gasteiger partial charge in [-0.2, -0.15) is 0 Å². The average molecular weight is 335 g/mol. The number of nitrogens with zero attached hydrogens (tertiary/aromatic N) is 3. The molecule has 1 N–H and O–H groups in total. The van der Waals surface area contributed by atoms with E-state index < -0.39 is 5.97 Å². The Kier molecular flexibility index (Phi) is 4.35. The molecule has 0 atom stereocenters. The molecule has 1 heterocycles. The van der Waals surface area contributed by atoms with Gasteiger partial charge in [0.05, 0.1) is 22.5 Å². The molecule has 0 radical (unpaired) electrons. The lowest BCUT2D eigenvalue weighted by atomic mass is 10.2. The second-order valence-electron chi connectivity index (χ2n) is 5.56. The van der Waals surface area contributed by atoms with Crippen LogP contribution in [0.1, 0.15) is 21.6 Å². The van der Waals surface area contributed by atoms with Crippen molar-refractivity contribution in [2.45, 2.75) is 6.92 Å². The van der Waals surface area contributed by atoms with Gasteiger partial charge in [-0.05, 0) is 31.2 Å². The van der Waals surface area contributed by atoms with Gasteiger partial charge in [0, 0.05) is 19.0 Å². The van der Waals surface area contributed by atoms with Crippen LogP contribution in [0, 0.1) is 6.92 Å². The van der Waals surface area contributed by atoms with Crippen molar-refractivity contribution in [1.29, 1.82) is 0 Å². The van der Waals surface area contributed by atoms with Crippen molar-refractivity contribution in [3.8, 4) is 5.69 Å². The van der Waals surface area contributed by atoms with Gasteiger partial charge in [-0.1, -0.05) is 30.3 Å². The SMILES string of the molecule is Cc1c(C=Nc2ccccc2C(=O)O)c(=O)n(-c2ccccc2)n1C. The van der Waals surface area contributed by atoms with E-state index in [1.54, 1.807) is 34.6 Å². The van der Waals surface area contributed by atoms with Crippen LogP contribution in [0.15, 0.2) is 64.4 Å². The van der Waals surface area contributed by atoms with Gasteiger partial charge in [0.15, 0.2) is 0 Å². The second-order valence-corrected chi connectivity index (χ2v) is 5.56. The molecule has 0 saturated carbocycles. The summed E-state index contributed by atoms with van der Waals surface area (Å²) in [7, 11) is 1.80. The molecule has 126 valence electrons. The number of carboxylic acids is 1. The molecule has 2 aromatic carbocycles. The third-order valence-electron chi connectivity index (χ3n) is 4.07. The molecule has 0 saturated heterocycles. The lowest BCUT2D eigenvalue weighted by Crippen LogP contribution is -2.20. The Morgan fingerprint density at radius 3 is 2.40 bits per heavy atom. The Bertz CT molecular complexity index is 1010. The van der Waals surface area contributed by atoms with Crippen molar-refractivity contribution < 1.29 is 9.90 Å². The van der Waals surface area contributed by atoms with Crippen LogP contribution in [-0.2, 0) is 7.05 Å². The maximum atomic E-state index is 12.8. The number of aromatic carboxylic acids is 1. The maximum absolute atomic E-state index is 12.8. The molecule has 6 heteroatoms. The Balaban J connectivity index is 2.09. The predicted octanol–water partition coefficient (Wildman–Crippen LogP) is 2.93. The van der Waals surface area contributed by atoms with Crippen molar-refractivity contribution in [2.75, 3.05) is 0 Å². The van der Waals surface area contributed by atoms with Crippen LogP contribution >= 0.6 is 0 Å². The molecule has 0 aliphatic heterocycles. The van der Waals surface area contributed by atoms with E-state index in [0.29, 0.717) is 11.3 Å². The number of aromatic nitrogens is 2. The van der Waals surface area contributed by atoms with Gasteiger partial charge < -0.3 is 5.11 Å². The highest BCUT2D eigenvalue weighted by atomic mass is 16.4. The molecule has 0 unspecified atom stereocenters. The van der Waals surface area contributed by atoms with Crippen LogP contribution in [0.25, 0.3) is 5.69 Å². The summed E-state index contributed by atoms with van der Waals surface area (Å²) in [6.07, 6.45) is 1.43. The fourth-order valence-electron chi connectivity index (χ4n) is 2.64. The molecule has 3 rings (SSSR count). The van der Waals surface area contributed by atoms with Gasteiger partial charge in [-0.15, -0.1) is 0 Å². The van der Waals surface area contributed by atoms with Gasteiger partial charge >= 0.3 is 5.97 Å². The van der Waals surface area contributed by atoms with Crippen LogP contribution < -0.4 is 5.56 Å². The van der Waals surface area contributed by atoms with Crippen molar-refractivity contribution in [1.82, 2.24) is 9.36 Å². The van der Waals surface area contributed by atoms with E-state index in [1.807, 2.05) is 37.3 Å². The van der Waals surface area contributed by atoms with E-state index >= 15 is 0 Å². The lowest BCUT2D eigenvalue weighted by molar-refractivity contribution is 0.0698. The van der Waals surface area contributed by atoms with E-state index in [4.69, 9.17) is 0 Å². The van der Waals surface area contributed by atoms with E-state index in [-0.39, 0.29) is 11.1 Å². The first-order valence-electron chi connectivity index (χ1n) is 7.71. The Morgan fingerprint density at radius 1 is 1.08 bits per heavy atom. The molecule has 25 heavy (non-hydrogen) atoms. The van der Waals surface area contributed by atoms with Gasteiger partial charge in [-0.25, -0.2) is 9.48 Å². The molecule has 1 aromatic heterocycles.